The Bertz CT molecular complexity index is 1330. The molecule has 0 aliphatic carbocycles. The van der Waals surface area contributed by atoms with Gasteiger partial charge >= 0.3 is 0 Å². The summed E-state index contributed by atoms with van der Waals surface area (Å²) in [6.45, 7) is 1.72. The summed E-state index contributed by atoms with van der Waals surface area (Å²) in [4.78, 5) is 7.40. The molecule has 6 nitrogen and oxygen atoms in total. The van der Waals surface area contributed by atoms with E-state index in [9.17, 15) is 8.78 Å². The Kier molecular flexibility index (Phi) is 3.18. The van der Waals surface area contributed by atoms with E-state index >= 15 is 0 Å². The smallest absolute Gasteiger partial charge is 0.274 e. The summed E-state index contributed by atoms with van der Waals surface area (Å²) in [5.74, 6) is -0.670. The fourth-order valence-corrected chi connectivity index (χ4v) is 3.35. The van der Waals surface area contributed by atoms with Crippen LogP contribution in [0.25, 0.3) is 44.8 Å². The van der Waals surface area contributed by atoms with Crippen molar-refractivity contribution in [1.82, 2.24) is 24.9 Å². The lowest BCUT2D eigenvalue weighted by Crippen LogP contribution is -1.89. The first-order valence-corrected chi connectivity index (χ1v) is 8.25. The van der Waals surface area contributed by atoms with Crippen molar-refractivity contribution >= 4 is 21.8 Å². The van der Waals surface area contributed by atoms with Crippen LogP contribution < -0.4 is 0 Å². The maximum absolute atomic E-state index is 14.1. The molecule has 3 aromatic heterocycles. The molecule has 0 spiro atoms. The highest BCUT2D eigenvalue weighted by Crippen LogP contribution is 2.32. The Morgan fingerprint density at radius 3 is 2.85 bits per heavy atom. The lowest BCUT2D eigenvalue weighted by atomic mass is 10.1. The van der Waals surface area contributed by atoms with Crippen molar-refractivity contribution in [3.8, 4) is 23.0 Å². The lowest BCUT2D eigenvalue weighted by molar-refractivity contribution is 0.431. The van der Waals surface area contributed by atoms with Crippen molar-refractivity contribution in [3.63, 3.8) is 0 Å². The van der Waals surface area contributed by atoms with Crippen LogP contribution in [0.3, 0.4) is 0 Å². The van der Waals surface area contributed by atoms with Crippen LogP contribution in [-0.4, -0.2) is 24.9 Å². The van der Waals surface area contributed by atoms with E-state index in [1.165, 1.54) is 6.07 Å². The second-order valence-corrected chi connectivity index (χ2v) is 6.40. The number of aryl methyl sites for hydroxylation is 2. The second kappa shape index (κ2) is 5.47. The van der Waals surface area contributed by atoms with Crippen LogP contribution in [0.1, 0.15) is 5.56 Å². The van der Waals surface area contributed by atoms with Crippen molar-refractivity contribution in [2.75, 3.05) is 0 Å². The number of benzene rings is 2. The molecular formula is C19H13F2N5O. The van der Waals surface area contributed by atoms with Crippen LogP contribution >= 0.6 is 0 Å². The summed E-state index contributed by atoms with van der Waals surface area (Å²) in [6, 6.07) is 7.83. The Balaban J connectivity index is 1.63. The standard InChI is InChI=1S/C19H13F2N5O/c1-9-16-13(21)6-12(20)7-14(16)23-17(9)19-24-18(25-27-19)10-3-4-11-8-22-26(2)15(11)5-10/h3-8,23H,1-2H3. The summed E-state index contributed by atoms with van der Waals surface area (Å²) in [7, 11) is 1.86. The maximum Gasteiger partial charge on any atom is 0.274 e. The van der Waals surface area contributed by atoms with E-state index in [2.05, 4.69) is 20.2 Å². The third-order valence-corrected chi connectivity index (χ3v) is 4.71. The van der Waals surface area contributed by atoms with Gasteiger partial charge in [0.15, 0.2) is 0 Å². The van der Waals surface area contributed by atoms with Crippen molar-refractivity contribution in [1.29, 1.82) is 0 Å². The van der Waals surface area contributed by atoms with Crippen molar-refractivity contribution < 1.29 is 13.3 Å². The Morgan fingerprint density at radius 2 is 2.00 bits per heavy atom. The number of rotatable bonds is 2. The molecular weight excluding hydrogens is 352 g/mol. The minimum atomic E-state index is -0.650. The largest absolute Gasteiger partial charge is 0.350 e. The van der Waals surface area contributed by atoms with Gasteiger partial charge in [-0.05, 0) is 24.6 Å². The van der Waals surface area contributed by atoms with Crippen LogP contribution in [0.5, 0.6) is 0 Å². The number of hydrogen-bond acceptors (Lipinski definition) is 4. The van der Waals surface area contributed by atoms with Gasteiger partial charge in [0.2, 0.25) is 5.82 Å². The molecule has 0 saturated heterocycles. The van der Waals surface area contributed by atoms with Gasteiger partial charge in [0, 0.05) is 29.4 Å². The molecule has 0 atom stereocenters. The third kappa shape index (κ3) is 2.33. The second-order valence-electron chi connectivity index (χ2n) is 6.40. The number of nitrogens with zero attached hydrogens (tertiary/aromatic N) is 4. The normalized spacial score (nSPS) is 11.7. The van der Waals surface area contributed by atoms with Gasteiger partial charge in [-0.2, -0.15) is 10.1 Å². The van der Waals surface area contributed by atoms with Crippen LogP contribution in [0, 0.1) is 18.6 Å². The first-order valence-electron chi connectivity index (χ1n) is 8.25. The highest BCUT2D eigenvalue weighted by molar-refractivity contribution is 5.90. The average molecular weight is 365 g/mol. The maximum atomic E-state index is 14.1. The monoisotopic (exact) mass is 365 g/mol. The van der Waals surface area contributed by atoms with Gasteiger partial charge in [-0.3, -0.25) is 4.68 Å². The molecule has 2 aromatic carbocycles. The Morgan fingerprint density at radius 1 is 1.15 bits per heavy atom. The Labute approximate surface area is 151 Å². The molecule has 5 aromatic rings. The Hall–Kier alpha value is -3.55. The molecule has 134 valence electrons. The molecule has 8 heteroatoms. The first kappa shape index (κ1) is 15.7. The number of hydrogen-bond donors (Lipinski definition) is 1. The number of aromatic nitrogens is 5. The fourth-order valence-electron chi connectivity index (χ4n) is 3.35. The van der Waals surface area contributed by atoms with E-state index in [-0.39, 0.29) is 5.89 Å². The molecule has 0 aliphatic heterocycles. The van der Waals surface area contributed by atoms with E-state index in [1.54, 1.807) is 17.8 Å². The van der Waals surface area contributed by atoms with E-state index in [0.29, 0.717) is 28.0 Å². The topological polar surface area (TPSA) is 72.5 Å². The number of H-pyrrole nitrogens is 1. The van der Waals surface area contributed by atoms with Gasteiger partial charge < -0.3 is 9.51 Å². The van der Waals surface area contributed by atoms with Crippen LogP contribution in [0.15, 0.2) is 41.1 Å². The SMILES string of the molecule is Cc1c(-c2nc(-c3ccc4cnn(C)c4c3)no2)[nH]c2cc(F)cc(F)c12. The highest BCUT2D eigenvalue weighted by Gasteiger charge is 2.19. The molecule has 0 unspecified atom stereocenters. The van der Waals surface area contributed by atoms with Crippen LogP contribution in [-0.2, 0) is 7.05 Å². The summed E-state index contributed by atoms with van der Waals surface area (Å²) in [5, 5.41) is 9.56. The first-order chi connectivity index (χ1) is 13.0. The highest BCUT2D eigenvalue weighted by atomic mass is 19.1. The van der Waals surface area contributed by atoms with Gasteiger partial charge in [-0.15, -0.1) is 0 Å². The van der Waals surface area contributed by atoms with E-state index in [1.807, 2.05) is 25.2 Å². The lowest BCUT2D eigenvalue weighted by Gasteiger charge is -1.97. The predicted octanol–water partition coefficient (Wildman–Crippen LogP) is 4.36. The molecule has 0 bridgehead atoms. The van der Waals surface area contributed by atoms with Crippen LogP contribution in [0.4, 0.5) is 8.78 Å². The summed E-state index contributed by atoms with van der Waals surface area (Å²) >= 11 is 0. The van der Waals surface area contributed by atoms with Gasteiger partial charge in [0.05, 0.1) is 17.2 Å². The molecule has 0 saturated carbocycles. The average Bonchev–Trinajstić information content (AvgIpc) is 3.33. The zero-order chi connectivity index (χ0) is 18.7. The van der Waals surface area contributed by atoms with Crippen molar-refractivity contribution in [2.24, 2.45) is 7.05 Å². The molecule has 0 fully saturated rings. The zero-order valence-electron chi connectivity index (χ0n) is 14.4. The number of halogens is 2. The van der Waals surface area contributed by atoms with Gasteiger partial charge in [-0.1, -0.05) is 17.3 Å². The molecule has 0 aliphatic rings. The predicted molar refractivity (Wildman–Crippen MR) is 96.0 cm³/mol. The van der Waals surface area contributed by atoms with Gasteiger partial charge in [0.25, 0.3) is 5.89 Å². The van der Waals surface area contributed by atoms with Crippen molar-refractivity contribution in [3.05, 3.63) is 53.7 Å². The van der Waals surface area contributed by atoms with Gasteiger partial charge in [-0.25, -0.2) is 8.78 Å². The zero-order valence-corrected chi connectivity index (χ0v) is 14.4. The number of fused-ring (bicyclic) bond motifs is 2. The minimum absolute atomic E-state index is 0.212. The van der Waals surface area contributed by atoms with E-state index < -0.39 is 11.6 Å². The summed E-state index contributed by atoms with van der Waals surface area (Å²) < 4.78 is 34.8. The molecule has 0 amide bonds. The molecule has 3 heterocycles. The number of aromatic amines is 1. The van der Waals surface area contributed by atoms with E-state index in [0.717, 1.165) is 22.5 Å². The molecule has 27 heavy (non-hydrogen) atoms. The minimum Gasteiger partial charge on any atom is -0.350 e. The summed E-state index contributed by atoms with van der Waals surface area (Å²) in [5.41, 5.74) is 3.11. The molecule has 0 radical (unpaired) electrons. The quantitative estimate of drug-likeness (QED) is 0.505. The van der Waals surface area contributed by atoms with E-state index in [4.69, 9.17) is 4.52 Å². The molecule has 5 rings (SSSR count). The summed E-state index contributed by atoms with van der Waals surface area (Å²) in [6.07, 6.45) is 1.78. The number of nitrogens with one attached hydrogen (secondary N) is 1. The van der Waals surface area contributed by atoms with Gasteiger partial charge in [0.1, 0.15) is 17.3 Å². The van der Waals surface area contributed by atoms with Crippen LogP contribution in [0.2, 0.25) is 0 Å². The van der Waals surface area contributed by atoms with Crippen molar-refractivity contribution in [2.45, 2.75) is 6.92 Å². The molecule has 1 N–H and O–H groups in total. The fraction of sp³-hybridized carbons (Fsp3) is 0.105. The third-order valence-electron chi connectivity index (χ3n) is 4.71.